The Kier molecular flexibility index (Phi) is 3.61. The van der Waals surface area contributed by atoms with Gasteiger partial charge in [0.15, 0.2) is 0 Å². The molecule has 2 amide bonds. The molecule has 20 heavy (non-hydrogen) atoms. The summed E-state index contributed by atoms with van der Waals surface area (Å²) in [5, 5.41) is 8.82. The summed E-state index contributed by atoms with van der Waals surface area (Å²) in [6.45, 7) is 4.01. The molecule has 1 aromatic carbocycles. The van der Waals surface area contributed by atoms with Crippen molar-refractivity contribution in [2.24, 2.45) is 5.41 Å². The summed E-state index contributed by atoms with van der Waals surface area (Å²) >= 11 is 0. The van der Waals surface area contributed by atoms with E-state index in [1.807, 2.05) is 13.8 Å². The molecule has 1 aromatic rings. The molecule has 1 saturated heterocycles. The van der Waals surface area contributed by atoms with E-state index in [9.17, 15) is 14.4 Å². The molecule has 1 fully saturated rings. The maximum Gasteiger partial charge on any atom is 0.335 e. The third-order valence-corrected chi connectivity index (χ3v) is 3.40. The second kappa shape index (κ2) is 5.07. The number of amides is 2. The number of carbonyl (C=O) groups excluding carboxylic acids is 2. The number of hydrogen-bond acceptors (Lipinski definition) is 3. The third kappa shape index (κ3) is 3.04. The fraction of sp³-hybridized carbons (Fsp3) is 0.400. The van der Waals surface area contributed by atoms with Crippen molar-refractivity contribution in [3.8, 4) is 0 Å². The van der Waals surface area contributed by atoms with Gasteiger partial charge in [0, 0.05) is 12.8 Å². The van der Waals surface area contributed by atoms with Gasteiger partial charge in [-0.3, -0.25) is 14.5 Å². The van der Waals surface area contributed by atoms with Gasteiger partial charge in [-0.2, -0.15) is 0 Å². The Morgan fingerprint density at radius 2 is 1.65 bits per heavy atom. The van der Waals surface area contributed by atoms with Gasteiger partial charge >= 0.3 is 5.97 Å². The molecule has 1 aliphatic heterocycles. The number of carboxylic acids is 1. The summed E-state index contributed by atoms with van der Waals surface area (Å²) in [6, 6.07) is 6.20. The zero-order valence-electron chi connectivity index (χ0n) is 11.5. The second-order valence-corrected chi connectivity index (χ2v) is 5.89. The molecule has 0 spiro atoms. The number of piperidine rings is 1. The summed E-state index contributed by atoms with van der Waals surface area (Å²) in [5.74, 6) is -1.34. The van der Waals surface area contributed by atoms with E-state index >= 15 is 0 Å². The van der Waals surface area contributed by atoms with Crippen LogP contribution in [0.3, 0.4) is 0 Å². The van der Waals surface area contributed by atoms with Gasteiger partial charge < -0.3 is 5.11 Å². The number of carbonyl (C=O) groups is 3. The highest BCUT2D eigenvalue weighted by Crippen LogP contribution is 2.32. The first kappa shape index (κ1) is 14.2. The van der Waals surface area contributed by atoms with E-state index in [-0.39, 0.29) is 29.3 Å². The van der Waals surface area contributed by atoms with E-state index in [1.54, 1.807) is 12.1 Å². The largest absolute Gasteiger partial charge is 0.478 e. The van der Waals surface area contributed by atoms with Crippen molar-refractivity contribution in [3.63, 3.8) is 0 Å². The van der Waals surface area contributed by atoms with Gasteiger partial charge in [-0.05, 0) is 23.1 Å². The highest BCUT2D eigenvalue weighted by molar-refractivity contribution is 5.98. The van der Waals surface area contributed by atoms with Gasteiger partial charge in [0.25, 0.3) is 0 Å². The topological polar surface area (TPSA) is 74.7 Å². The van der Waals surface area contributed by atoms with E-state index in [2.05, 4.69) is 0 Å². The number of likely N-dealkylation sites (tertiary alicyclic amines) is 1. The van der Waals surface area contributed by atoms with Crippen molar-refractivity contribution in [2.75, 3.05) is 0 Å². The van der Waals surface area contributed by atoms with Gasteiger partial charge in [-0.1, -0.05) is 26.0 Å². The van der Waals surface area contributed by atoms with Crippen LogP contribution in [-0.4, -0.2) is 27.8 Å². The van der Waals surface area contributed by atoms with Gasteiger partial charge in [0.1, 0.15) is 0 Å². The van der Waals surface area contributed by atoms with Crippen molar-refractivity contribution in [1.29, 1.82) is 0 Å². The van der Waals surface area contributed by atoms with E-state index in [0.717, 1.165) is 5.56 Å². The normalized spacial score (nSPS) is 18.2. The lowest BCUT2D eigenvalue weighted by atomic mass is 9.81. The highest BCUT2D eigenvalue weighted by atomic mass is 16.4. The van der Waals surface area contributed by atoms with Crippen molar-refractivity contribution < 1.29 is 19.5 Å². The number of hydrogen-bond donors (Lipinski definition) is 1. The fourth-order valence-corrected chi connectivity index (χ4v) is 2.32. The lowest BCUT2D eigenvalue weighted by Gasteiger charge is -2.34. The van der Waals surface area contributed by atoms with Crippen LogP contribution >= 0.6 is 0 Å². The predicted octanol–water partition coefficient (Wildman–Crippen LogP) is 2.06. The minimum Gasteiger partial charge on any atom is -0.478 e. The Morgan fingerprint density at radius 1 is 1.15 bits per heavy atom. The van der Waals surface area contributed by atoms with Crippen molar-refractivity contribution >= 4 is 17.8 Å². The molecule has 1 heterocycles. The molecule has 0 aromatic heterocycles. The lowest BCUT2D eigenvalue weighted by molar-refractivity contribution is -0.153. The first-order valence-corrected chi connectivity index (χ1v) is 6.44. The third-order valence-electron chi connectivity index (χ3n) is 3.40. The summed E-state index contributed by atoms with van der Waals surface area (Å²) in [7, 11) is 0. The van der Waals surface area contributed by atoms with Crippen LogP contribution < -0.4 is 0 Å². The second-order valence-electron chi connectivity index (χ2n) is 5.89. The number of carboxylic acid groups (broad SMARTS) is 1. The minimum absolute atomic E-state index is 0.173. The first-order valence-electron chi connectivity index (χ1n) is 6.44. The van der Waals surface area contributed by atoms with E-state index in [1.165, 1.54) is 17.0 Å². The molecule has 106 valence electrons. The van der Waals surface area contributed by atoms with Crippen LogP contribution in [0.15, 0.2) is 24.3 Å². The molecule has 0 bridgehead atoms. The summed E-state index contributed by atoms with van der Waals surface area (Å²) in [5.41, 5.74) is 0.653. The Labute approximate surface area is 117 Å². The number of rotatable bonds is 3. The molecule has 5 nitrogen and oxygen atoms in total. The molecule has 0 atom stereocenters. The van der Waals surface area contributed by atoms with E-state index in [4.69, 9.17) is 5.11 Å². The molecular formula is C15H17NO4. The van der Waals surface area contributed by atoms with Crippen molar-refractivity contribution in [2.45, 2.75) is 33.2 Å². The number of imide groups is 1. The van der Waals surface area contributed by atoms with Crippen molar-refractivity contribution in [1.82, 2.24) is 4.90 Å². The molecular weight excluding hydrogens is 258 g/mol. The fourth-order valence-electron chi connectivity index (χ4n) is 2.32. The number of benzene rings is 1. The summed E-state index contributed by atoms with van der Waals surface area (Å²) in [6.07, 6.45) is 0.706. The predicted molar refractivity (Wildman–Crippen MR) is 72.0 cm³/mol. The molecule has 1 N–H and O–H groups in total. The maximum atomic E-state index is 12.0. The maximum absolute atomic E-state index is 12.0. The average Bonchev–Trinajstić information content (AvgIpc) is 2.33. The molecule has 2 rings (SSSR count). The monoisotopic (exact) mass is 275 g/mol. The van der Waals surface area contributed by atoms with E-state index < -0.39 is 5.97 Å². The van der Waals surface area contributed by atoms with Gasteiger partial charge in [0.2, 0.25) is 11.8 Å². The Morgan fingerprint density at radius 3 is 2.10 bits per heavy atom. The summed E-state index contributed by atoms with van der Waals surface area (Å²) < 4.78 is 0. The SMILES string of the molecule is CC1(C)CC(=O)N(Cc2ccc(C(=O)O)cc2)C(=O)C1. The molecule has 0 unspecified atom stereocenters. The molecule has 0 saturated carbocycles. The average molecular weight is 275 g/mol. The van der Waals surface area contributed by atoms with Crippen LogP contribution in [-0.2, 0) is 16.1 Å². The Hall–Kier alpha value is -2.17. The van der Waals surface area contributed by atoms with Crippen LogP contribution in [0.5, 0.6) is 0 Å². The summed E-state index contributed by atoms with van der Waals surface area (Å²) in [4.78, 5) is 36.0. The first-order chi connectivity index (χ1) is 9.28. The molecule has 1 aliphatic rings. The number of aromatic carboxylic acids is 1. The highest BCUT2D eigenvalue weighted by Gasteiger charge is 2.37. The van der Waals surface area contributed by atoms with E-state index in [0.29, 0.717) is 12.8 Å². The van der Waals surface area contributed by atoms with Crippen LogP contribution in [0.25, 0.3) is 0 Å². The lowest BCUT2D eigenvalue weighted by Crippen LogP contribution is -2.45. The van der Waals surface area contributed by atoms with Crippen LogP contribution in [0, 0.1) is 5.41 Å². The zero-order chi connectivity index (χ0) is 14.9. The van der Waals surface area contributed by atoms with Gasteiger partial charge in [-0.15, -0.1) is 0 Å². The van der Waals surface area contributed by atoms with Crippen molar-refractivity contribution in [3.05, 3.63) is 35.4 Å². The smallest absolute Gasteiger partial charge is 0.335 e. The minimum atomic E-state index is -0.997. The molecule has 5 heteroatoms. The standard InChI is InChI=1S/C15H17NO4/c1-15(2)7-12(17)16(13(18)8-15)9-10-3-5-11(6-4-10)14(19)20/h3-6H,7-9H2,1-2H3,(H,19,20). The molecule has 0 radical (unpaired) electrons. The molecule has 0 aliphatic carbocycles. The Balaban J connectivity index is 2.11. The zero-order valence-corrected chi connectivity index (χ0v) is 11.5. The number of nitrogens with zero attached hydrogens (tertiary/aromatic N) is 1. The van der Waals surface area contributed by atoms with Crippen LogP contribution in [0.2, 0.25) is 0 Å². The van der Waals surface area contributed by atoms with Crippen LogP contribution in [0.1, 0.15) is 42.6 Å². The van der Waals surface area contributed by atoms with Crippen LogP contribution in [0.4, 0.5) is 0 Å². The Bertz CT molecular complexity index is 540. The van der Waals surface area contributed by atoms with Gasteiger partial charge in [0.05, 0.1) is 12.1 Å². The van der Waals surface area contributed by atoms with Gasteiger partial charge in [-0.25, -0.2) is 4.79 Å². The quantitative estimate of drug-likeness (QED) is 0.857.